The molecule has 0 spiro atoms. The van der Waals surface area contributed by atoms with Crippen molar-refractivity contribution in [1.82, 2.24) is 10.6 Å². The summed E-state index contributed by atoms with van der Waals surface area (Å²) in [6.07, 6.45) is 3.56. The third-order valence-corrected chi connectivity index (χ3v) is 3.45. The zero-order chi connectivity index (χ0) is 10.9. The fourth-order valence-electron chi connectivity index (χ4n) is 2.60. The molecule has 2 atom stereocenters. The molecule has 2 fully saturated rings. The summed E-state index contributed by atoms with van der Waals surface area (Å²) in [5.74, 6) is -0.170. The second kappa shape index (κ2) is 4.10. The molecule has 0 aromatic carbocycles. The third kappa shape index (κ3) is 2.16. The highest BCUT2D eigenvalue weighted by atomic mass is 16.6. The Morgan fingerprint density at radius 1 is 1.40 bits per heavy atom. The fraction of sp³-hybridized carbons (Fsp3) is 0.909. The number of hydrogen-bond donors (Lipinski definition) is 2. The Morgan fingerprint density at radius 3 is 2.60 bits per heavy atom. The van der Waals surface area contributed by atoms with Gasteiger partial charge in [0.05, 0.1) is 0 Å². The van der Waals surface area contributed by atoms with Gasteiger partial charge in [-0.25, -0.2) is 0 Å². The molecule has 2 N–H and O–H groups in total. The predicted octanol–water partition coefficient (Wildman–Crippen LogP) is 0.422. The molecule has 0 saturated carbocycles. The molecule has 0 amide bonds. The highest BCUT2D eigenvalue weighted by Gasteiger charge is 2.48. The molecule has 0 radical (unpaired) electrons. The summed E-state index contributed by atoms with van der Waals surface area (Å²) in [6.45, 7) is 5.26. The molecule has 0 bridgehead atoms. The summed E-state index contributed by atoms with van der Waals surface area (Å²) in [5, 5.41) is 6.75. The van der Waals surface area contributed by atoms with E-state index < -0.39 is 0 Å². The number of carbonyl (C=O) groups is 1. The lowest BCUT2D eigenvalue weighted by molar-refractivity contribution is -0.168. The van der Waals surface area contributed by atoms with Crippen molar-refractivity contribution < 1.29 is 9.53 Å². The van der Waals surface area contributed by atoms with E-state index in [1.807, 2.05) is 0 Å². The van der Waals surface area contributed by atoms with E-state index in [4.69, 9.17) is 4.74 Å². The molecular formula is C11H20N2O2. The van der Waals surface area contributed by atoms with Gasteiger partial charge in [-0.15, -0.1) is 0 Å². The van der Waals surface area contributed by atoms with Crippen LogP contribution >= 0.6 is 0 Å². The van der Waals surface area contributed by atoms with E-state index in [0.717, 1.165) is 19.5 Å². The monoisotopic (exact) mass is 212 g/mol. The van der Waals surface area contributed by atoms with Gasteiger partial charge in [-0.1, -0.05) is 6.42 Å². The Bertz CT molecular complexity index is 251. The summed E-state index contributed by atoms with van der Waals surface area (Å²) in [4.78, 5) is 11.1. The van der Waals surface area contributed by atoms with Crippen LogP contribution in [-0.2, 0) is 9.53 Å². The van der Waals surface area contributed by atoms with Gasteiger partial charge in [-0.2, -0.15) is 0 Å². The van der Waals surface area contributed by atoms with Crippen molar-refractivity contribution in [1.29, 1.82) is 0 Å². The SMILES string of the molecule is CC(=O)OC1(C2CCCC(C)N2)CNC1. The molecule has 0 aromatic rings. The number of piperidine rings is 1. The molecule has 2 unspecified atom stereocenters. The van der Waals surface area contributed by atoms with Crippen molar-refractivity contribution in [3.8, 4) is 0 Å². The maximum atomic E-state index is 11.1. The van der Waals surface area contributed by atoms with Crippen molar-refractivity contribution in [3.05, 3.63) is 0 Å². The second-order valence-corrected chi connectivity index (χ2v) is 4.81. The minimum absolute atomic E-state index is 0.170. The Balaban J connectivity index is 2.01. The van der Waals surface area contributed by atoms with Crippen LogP contribution in [-0.4, -0.2) is 36.7 Å². The van der Waals surface area contributed by atoms with Crippen LogP contribution in [0, 0.1) is 0 Å². The summed E-state index contributed by atoms with van der Waals surface area (Å²) >= 11 is 0. The number of nitrogens with one attached hydrogen (secondary N) is 2. The van der Waals surface area contributed by atoms with Gasteiger partial charge in [0, 0.05) is 32.1 Å². The summed E-state index contributed by atoms with van der Waals surface area (Å²) in [7, 11) is 0. The Labute approximate surface area is 90.8 Å². The maximum absolute atomic E-state index is 11.1. The van der Waals surface area contributed by atoms with Gasteiger partial charge in [0.25, 0.3) is 0 Å². The first-order valence-electron chi connectivity index (χ1n) is 5.79. The van der Waals surface area contributed by atoms with Crippen LogP contribution in [0.25, 0.3) is 0 Å². The van der Waals surface area contributed by atoms with Crippen LogP contribution < -0.4 is 10.6 Å². The van der Waals surface area contributed by atoms with Crippen LogP contribution in [0.15, 0.2) is 0 Å². The number of rotatable bonds is 2. The second-order valence-electron chi connectivity index (χ2n) is 4.81. The van der Waals surface area contributed by atoms with E-state index in [1.54, 1.807) is 0 Å². The Hall–Kier alpha value is -0.610. The highest BCUT2D eigenvalue weighted by molar-refractivity contribution is 5.67. The molecule has 0 aromatic heterocycles. The molecule has 4 heteroatoms. The van der Waals surface area contributed by atoms with Gasteiger partial charge in [0.15, 0.2) is 5.60 Å². The first-order valence-corrected chi connectivity index (χ1v) is 5.79. The molecule has 2 saturated heterocycles. The standard InChI is InChI=1S/C11H20N2O2/c1-8-4-3-5-10(13-8)11(6-12-7-11)15-9(2)14/h8,10,12-13H,3-7H2,1-2H3. The lowest BCUT2D eigenvalue weighted by Crippen LogP contribution is -2.72. The normalized spacial score (nSPS) is 34.3. The highest BCUT2D eigenvalue weighted by Crippen LogP contribution is 2.28. The van der Waals surface area contributed by atoms with E-state index >= 15 is 0 Å². The average molecular weight is 212 g/mol. The topological polar surface area (TPSA) is 50.4 Å². The van der Waals surface area contributed by atoms with E-state index in [1.165, 1.54) is 19.8 Å². The van der Waals surface area contributed by atoms with Crippen molar-refractivity contribution in [2.24, 2.45) is 0 Å². The zero-order valence-electron chi connectivity index (χ0n) is 9.51. The minimum Gasteiger partial charge on any atom is -0.455 e. The first kappa shape index (κ1) is 10.9. The van der Waals surface area contributed by atoms with Crippen molar-refractivity contribution in [2.75, 3.05) is 13.1 Å². The minimum atomic E-state index is -0.277. The van der Waals surface area contributed by atoms with Crippen LogP contribution in [0.3, 0.4) is 0 Å². The van der Waals surface area contributed by atoms with Gasteiger partial charge in [0.2, 0.25) is 0 Å². The molecule has 2 rings (SSSR count). The molecule has 0 aliphatic carbocycles. The molecule has 2 aliphatic heterocycles. The van der Waals surface area contributed by atoms with Crippen LogP contribution in [0.5, 0.6) is 0 Å². The third-order valence-electron chi connectivity index (χ3n) is 3.45. The first-order chi connectivity index (χ1) is 7.12. The lowest BCUT2D eigenvalue weighted by Gasteiger charge is -2.49. The van der Waals surface area contributed by atoms with E-state index in [9.17, 15) is 4.79 Å². The molecule has 4 nitrogen and oxygen atoms in total. The number of carbonyl (C=O) groups excluding carboxylic acids is 1. The van der Waals surface area contributed by atoms with Gasteiger partial charge < -0.3 is 15.4 Å². The fourth-order valence-corrected chi connectivity index (χ4v) is 2.60. The van der Waals surface area contributed by atoms with E-state index in [0.29, 0.717) is 12.1 Å². The molecule has 86 valence electrons. The number of esters is 1. The van der Waals surface area contributed by atoms with Crippen LogP contribution in [0.4, 0.5) is 0 Å². The largest absolute Gasteiger partial charge is 0.455 e. The van der Waals surface area contributed by atoms with Crippen molar-refractivity contribution in [3.63, 3.8) is 0 Å². The predicted molar refractivity (Wildman–Crippen MR) is 57.6 cm³/mol. The van der Waals surface area contributed by atoms with Crippen molar-refractivity contribution in [2.45, 2.75) is 50.8 Å². The van der Waals surface area contributed by atoms with Crippen LogP contribution in [0.1, 0.15) is 33.1 Å². The molecular weight excluding hydrogens is 192 g/mol. The molecule has 2 aliphatic rings. The van der Waals surface area contributed by atoms with Gasteiger partial charge in [-0.05, 0) is 19.8 Å². The summed E-state index contributed by atoms with van der Waals surface area (Å²) in [6, 6.07) is 0.864. The van der Waals surface area contributed by atoms with Crippen LogP contribution in [0.2, 0.25) is 0 Å². The quantitative estimate of drug-likeness (QED) is 0.651. The Kier molecular flexibility index (Phi) is 2.98. The van der Waals surface area contributed by atoms with Gasteiger partial charge in [-0.3, -0.25) is 4.79 Å². The van der Waals surface area contributed by atoms with Crippen molar-refractivity contribution >= 4 is 5.97 Å². The number of ether oxygens (including phenoxy) is 1. The molecule has 2 heterocycles. The van der Waals surface area contributed by atoms with E-state index in [2.05, 4.69) is 17.6 Å². The summed E-state index contributed by atoms with van der Waals surface area (Å²) < 4.78 is 5.50. The molecule has 15 heavy (non-hydrogen) atoms. The Morgan fingerprint density at radius 2 is 2.13 bits per heavy atom. The lowest BCUT2D eigenvalue weighted by atomic mass is 9.81. The van der Waals surface area contributed by atoms with Gasteiger partial charge in [0.1, 0.15) is 0 Å². The van der Waals surface area contributed by atoms with E-state index in [-0.39, 0.29) is 11.6 Å². The summed E-state index contributed by atoms with van der Waals surface area (Å²) in [5.41, 5.74) is -0.277. The average Bonchev–Trinajstić information content (AvgIpc) is 2.11. The zero-order valence-corrected chi connectivity index (χ0v) is 9.51. The van der Waals surface area contributed by atoms with Gasteiger partial charge >= 0.3 is 5.97 Å². The number of hydrogen-bond acceptors (Lipinski definition) is 4. The maximum Gasteiger partial charge on any atom is 0.303 e. The smallest absolute Gasteiger partial charge is 0.303 e.